The lowest BCUT2D eigenvalue weighted by Crippen LogP contribution is -2.22. The normalized spacial score (nSPS) is 10.0. The zero-order chi connectivity index (χ0) is 14.8. The lowest BCUT2D eigenvalue weighted by Gasteiger charge is -2.08. The van der Waals surface area contributed by atoms with E-state index in [0.717, 1.165) is 31.2 Å². The van der Waals surface area contributed by atoms with Crippen LogP contribution in [0.4, 0.5) is 0 Å². The fraction of sp³-hybridized carbons (Fsp3) is 0.333. The standard InChI is InChI=1S/C18H23NOS.ClH/c1-16-8-10-17(11-9-16)20-14-13-19-12-5-15-21-18-6-3-2-4-7-18;/h2-4,6-11,19H,5,12-15H2,1H3;1H. The van der Waals surface area contributed by atoms with Crippen LogP contribution in [0.3, 0.4) is 0 Å². The number of benzene rings is 2. The van der Waals surface area contributed by atoms with Crippen molar-refractivity contribution in [2.24, 2.45) is 0 Å². The molecule has 0 unspecified atom stereocenters. The Morgan fingerprint density at radius 1 is 0.955 bits per heavy atom. The van der Waals surface area contributed by atoms with Gasteiger partial charge in [0.15, 0.2) is 0 Å². The first-order valence-corrected chi connectivity index (χ1v) is 8.41. The molecule has 22 heavy (non-hydrogen) atoms. The van der Waals surface area contributed by atoms with Gasteiger partial charge in [0.2, 0.25) is 0 Å². The van der Waals surface area contributed by atoms with Crippen molar-refractivity contribution >= 4 is 24.2 Å². The number of aryl methyl sites for hydroxylation is 1. The SMILES string of the molecule is Cc1ccc(OCCNCCCSc2ccccc2)cc1.Cl. The zero-order valence-electron chi connectivity index (χ0n) is 13.0. The van der Waals surface area contributed by atoms with Crippen molar-refractivity contribution in [1.29, 1.82) is 0 Å². The number of rotatable bonds is 9. The Balaban J connectivity index is 0.00000242. The van der Waals surface area contributed by atoms with Crippen molar-refractivity contribution in [2.45, 2.75) is 18.2 Å². The summed E-state index contributed by atoms with van der Waals surface area (Å²) in [5.74, 6) is 2.09. The monoisotopic (exact) mass is 337 g/mol. The Bertz CT molecular complexity index is 504. The van der Waals surface area contributed by atoms with Crippen LogP contribution in [0.15, 0.2) is 59.5 Å². The summed E-state index contributed by atoms with van der Waals surface area (Å²) in [5.41, 5.74) is 1.26. The van der Waals surface area contributed by atoms with Crippen molar-refractivity contribution in [3.63, 3.8) is 0 Å². The van der Waals surface area contributed by atoms with E-state index in [1.807, 2.05) is 23.9 Å². The number of hydrogen-bond donors (Lipinski definition) is 1. The van der Waals surface area contributed by atoms with Gasteiger partial charge in [-0.1, -0.05) is 35.9 Å². The lowest BCUT2D eigenvalue weighted by molar-refractivity contribution is 0.314. The highest BCUT2D eigenvalue weighted by molar-refractivity contribution is 7.99. The van der Waals surface area contributed by atoms with Crippen LogP contribution < -0.4 is 10.1 Å². The number of thioether (sulfide) groups is 1. The summed E-state index contributed by atoms with van der Waals surface area (Å²) in [6, 6.07) is 18.7. The molecule has 0 saturated carbocycles. The van der Waals surface area contributed by atoms with E-state index in [2.05, 4.69) is 54.7 Å². The molecule has 0 radical (unpaired) electrons. The summed E-state index contributed by atoms with van der Waals surface area (Å²) >= 11 is 1.91. The minimum Gasteiger partial charge on any atom is -0.492 e. The third-order valence-corrected chi connectivity index (χ3v) is 4.18. The topological polar surface area (TPSA) is 21.3 Å². The molecule has 120 valence electrons. The number of hydrogen-bond acceptors (Lipinski definition) is 3. The predicted octanol–water partition coefficient (Wildman–Crippen LogP) is 4.57. The van der Waals surface area contributed by atoms with Crippen molar-refractivity contribution in [3.05, 3.63) is 60.2 Å². The average Bonchev–Trinajstić information content (AvgIpc) is 2.53. The quantitative estimate of drug-likeness (QED) is 0.535. The first-order chi connectivity index (χ1) is 10.3. The largest absolute Gasteiger partial charge is 0.492 e. The van der Waals surface area contributed by atoms with E-state index in [4.69, 9.17) is 4.74 Å². The van der Waals surface area contributed by atoms with E-state index in [1.54, 1.807) is 0 Å². The molecule has 0 aliphatic heterocycles. The van der Waals surface area contributed by atoms with Gasteiger partial charge in [-0.3, -0.25) is 0 Å². The van der Waals surface area contributed by atoms with Crippen LogP contribution in [0.5, 0.6) is 5.75 Å². The van der Waals surface area contributed by atoms with Crippen LogP contribution in [0.25, 0.3) is 0 Å². The van der Waals surface area contributed by atoms with Crippen LogP contribution in [-0.4, -0.2) is 25.4 Å². The Hall–Kier alpha value is -1.16. The summed E-state index contributed by atoms with van der Waals surface area (Å²) in [4.78, 5) is 1.35. The lowest BCUT2D eigenvalue weighted by atomic mass is 10.2. The number of ether oxygens (including phenoxy) is 1. The van der Waals surface area contributed by atoms with E-state index >= 15 is 0 Å². The summed E-state index contributed by atoms with van der Waals surface area (Å²) in [7, 11) is 0. The molecule has 2 nitrogen and oxygen atoms in total. The summed E-state index contributed by atoms with van der Waals surface area (Å²) in [6.07, 6.45) is 1.17. The second-order valence-corrected chi connectivity index (χ2v) is 6.09. The summed E-state index contributed by atoms with van der Waals surface area (Å²) in [5, 5.41) is 3.41. The molecular weight excluding hydrogens is 314 g/mol. The molecule has 2 rings (SSSR count). The maximum atomic E-state index is 5.67. The molecule has 1 N–H and O–H groups in total. The highest BCUT2D eigenvalue weighted by atomic mass is 35.5. The molecule has 0 spiro atoms. The van der Waals surface area contributed by atoms with Crippen LogP contribution in [0.2, 0.25) is 0 Å². The van der Waals surface area contributed by atoms with E-state index in [1.165, 1.54) is 16.9 Å². The average molecular weight is 338 g/mol. The third kappa shape index (κ3) is 7.74. The van der Waals surface area contributed by atoms with E-state index in [-0.39, 0.29) is 12.4 Å². The summed E-state index contributed by atoms with van der Waals surface area (Å²) in [6.45, 7) is 4.73. The molecule has 0 atom stereocenters. The maximum absolute atomic E-state index is 5.67. The molecule has 0 aliphatic rings. The number of nitrogens with one attached hydrogen (secondary N) is 1. The minimum absolute atomic E-state index is 0. The van der Waals surface area contributed by atoms with Gasteiger partial charge in [0.25, 0.3) is 0 Å². The van der Waals surface area contributed by atoms with Gasteiger partial charge in [-0.25, -0.2) is 0 Å². The van der Waals surface area contributed by atoms with Gasteiger partial charge in [-0.15, -0.1) is 24.2 Å². The van der Waals surface area contributed by atoms with Crippen molar-refractivity contribution in [1.82, 2.24) is 5.32 Å². The van der Waals surface area contributed by atoms with Gasteiger partial charge in [-0.05, 0) is 49.9 Å². The highest BCUT2D eigenvalue weighted by Gasteiger charge is 1.95. The molecule has 0 aliphatic carbocycles. The van der Waals surface area contributed by atoms with Crippen LogP contribution in [0, 0.1) is 6.92 Å². The molecule has 0 fully saturated rings. The van der Waals surface area contributed by atoms with Crippen LogP contribution >= 0.6 is 24.2 Å². The molecule has 0 amide bonds. The minimum atomic E-state index is 0. The van der Waals surface area contributed by atoms with Crippen molar-refractivity contribution in [2.75, 3.05) is 25.4 Å². The molecular formula is C18H24ClNOS. The Kier molecular flexibility index (Phi) is 9.80. The second kappa shape index (κ2) is 11.4. The van der Waals surface area contributed by atoms with Crippen molar-refractivity contribution < 1.29 is 4.74 Å². The Labute approximate surface area is 144 Å². The molecule has 0 aromatic heterocycles. The maximum Gasteiger partial charge on any atom is 0.119 e. The smallest absolute Gasteiger partial charge is 0.119 e. The summed E-state index contributed by atoms with van der Waals surface area (Å²) < 4.78 is 5.67. The van der Waals surface area contributed by atoms with E-state index < -0.39 is 0 Å². The third-order valence-electron chi connectivity index (χ3n) is 3.08. The van der Waals surface area contributed by atoms with Crippen molar-refractivity contribution in [3.8, 4) is 5.75 Å². The van der Waals surface area contributed by atoms with Crippen LogP contribution in [0.1, 0.15) is 12.0 Å². The zero-order valence-corrected chi connectivity index (χ0v) is 14.6. The number of halogens is 1. The van der Waals surface area contributed by atoms with Gasteiger partial charge < -0.3 is 10.1 Å². The molecule has 2 aromatic carbocycles. The fourth-order valence-corrected chi connectivity index (χ4v) is 2.78. The van der Waals surface area contributed by atoms with Gasteiger partial charge in [0, 0.05) is 11.4 Å². The van der Waals surface area contributed by atoms with Gasteiger partial charge in [0.1, 0.15) is 12.4 Å². The first kappa shape index (κ1) is 18.9. The van der Waals surface area contributed by atoms with Gasteiger partial charge in [-0.2, -0.15) is 0 Å². The molecule has 0 bridgehead atoms. The molecule has 0 heterocycles. The first-order valence-electron chi connectivity index (χ1n) is 7.42. The predicted molar refractivity (Wildman–Crippen MR) is 98.6 cm³/mol. The fourth-order valence-electron chi connectivity index (χ4n) is 1.90. The Morgan fingerprint density at radius 2 is 1.68 bits per heavy atom. The Morgan fingerprint density at radius 3 is 2.41 bits per heavy atom. The van der Waals surface area contributed by atoms with Gasteiger partial charge in [0.05, 0.1) is 0 Å². The van der Waals surface area contributed by atoms with E-state index in [9.17, 15) is 0 Å². The van der Waals surface area contributed by atoms with Crippen LogP contribution in [-0.2, 0) is 0 Å². The molecule has 0 saturated heterocycles. The molecule has 2 aromatic rings. The van der Waals surface area contributed by atoms with E-state index in [0.29, 0.717) is 0 Å². The molecule has 4 heteroatoms. The highest BCUT2D eigenvalue weighted by Crippen LogP contribution is 2.17. The second-order valence-electron chi connectivity index (χ2n) is 4.93. The van der Waals surface area contributed by atoms with Gasteiger partial charge >= 0.3 is 0 Å².